The second-order valence-corrected chi connectivity index (χ2v) is 14.9. The van der Waals surface area contributed by atoms with E-state index in [0.29, 0.717) is 11.8 Å². The number of thiophene rings is 1. The number of aromatic nitrogens is 1. The number of hydrogen-bond acceptors (Lipinski definition) is 1. The zero-order chi connectivity index (χ0) is 31.3. The average molecular weight is 620 g/mol. The summed E-state index contributed by atoms with van der Waals surface area (Å²) < 4.78 is 5.19. The lowest BCUT2D eigenvalue weighted by Crippen LogP contribution is -2.25. The van der Waals surface area contributed by atoms with E-state index < -0.39 is 0 Å². The number of fused-ring (bicyclic) bond motifs is 9. The van der Waals surface area contributed by atoms with Crippen LogP contribution in [0.2, 0.25) is 0 Å². The molecule has 8 aromatic rings. The molecule has 2 heterocycles. The van der Waals surface area contributed by atoms with Crippen LogP contribution in [0.3, 0.4) is 0 Å². The second-order valence-electron chi connectivity index (χ2n) is 13.8. The molecule has 0 fully saturated rings. The molecule has 2 aliphatic carbocycles. The summed E-state index contributed by atoms with van der Waals surface area (Å²) in [5.74, 6) is 0.819. The molecule has 2 aliphatic rings. The molecule has 0 spiro atoms. The smallest absolute Gasteiger partial charge is 0.0541 e. The van der Waals surface area contributed by atoms with Crippen molar-refractivity contribution in [3.63, 3.8) is 0 Å². The molecule has 2 unspecified atom stereocenters. The minimum Gasteiger partial charge on any atom is -0.310 e. The molecule has 0 saturated carbocycles. The van der Waals surface area contributed by atoms with Crippen LogP contribution in [0.1, 0.15) is 30.9 Å². The average Bonchev–Trinajstić information content (AvgIpc) is 3.73. The first-order valence-corrected chi connectivity index (χ1v) is 17.4. The standard InChI is InChI=1S/C45H33NS/c1-45(2)39-14-8-6-12-33(39)34-20-19-32(27-40(34)45)46-41-21-16-29(28-10-4-3-5-11-28)24-36(41)37-25-30(17-22-42(37)46)31-18-23-44-38(26-31)35-13-7-9-15-43(35)47-44/h3-27,34,40H,1-2H3. The van der Waals surface area contributed by atoms with Crippen LogP contribution >= 0.6 is 11.3 Å². The van der Waals surface area contributed by atoms with Crippen LogP contribution in [0.5, 0.6) is 0 Å². The summed E-state index contributed by atoms with van der Waals surface area (Å²) in [5, 5.41) is 5.25. The third kappa shape index (κ3) is 3.95. The molecule has 0 aliphatic heterocycles. The van der Waals surface area contributed by atoms with Crippen molar-refractivity contribution in [1.29, 1.82) is 0 Å². The fourth-order valence-corrected chi connectivity index (χ4v) is 9.61. The van der Waals surface area contributed by atoms with Gasteiger partial charge in [0.1, 0.15) is 0 Å². The van der Waals surface area contributed by atoms with Crippen LogP contribution in [0, 0.1) is 5.92 Å². The highest BCUT2D eigenvalue weighted by Crippen LogP contribution is 2.54. The Balaban J connectivity index is 1.18. The summed E-state index contributed by atoms with van der Waals surface area (Å²) >= 11 is 1.87. The Morgan fingerprint density at radius 1 is 0.553 bits per heavy atom. The van der Waals surface area contributed by atoms with Crippen molar-refractivity contribution in [2.75, 3.05) is 0 Å². The highest BCUT2D eigenvalue weighted by Gasteiger charge is 2.45. The Morgan fingerprint density at radius 3 is 1.96 bits per heavy atom. The van der Waals surface area contributed by atoms with Crippen molar-refractivity contribution in [3.05, 3.63) is 163 Å². The maximum absolute atomic E-state index is 2.55. The minimum absolute atomic E-state index is 0.0636. The second kappa shape index (κ2) is 9.91. The van der Waals surface area contributed by atoms with Gasteiger partial charge in [0.15, 0.2) is 0 Å². The van der Waals surface area contributed by atoms with Gasteiger partial charge < -0.3 is 4.57 Å². The fraction of sp³-hybridized carbons (Fsp3) is 0.111. The molecule has 10 rings (SSSR count). The van der Waals surface area contributed by atoms with E-state index in [1.54, 1.807) is 0 Å². The Kier molecular flexibility index (Phi) is 5.69. The minimum atomic E-state index is 0.0636. The van der Waals surface area contributed by atoms with Crippen molar-refractivity contribution >= 4 is 59.0 Å². The summed E-state index contributed by atoms with van der Waals surface area (Å²) in [7, 11) is 0. The lowest BCUT2D eigenvalue weighted by Gasteiger charge is -2.31. The zero-order valence-electron chi connectivity index (χ0n) is 26.4. The molecule has 2 aromatic heterocycles. The van der Waals surface area contributed by atoms with Gasteiger partial charge in [0.2, 0.25) is 0 Å². The van der Waals surface area contributed by atoms with Gasteiger partial charge in [0.25, 0.3) is 0 Å². The summed E-state index contributed by atoms with van der Waals surface area (Å²) in [5.41, 5.74) is 11.8. The van der Waals surface area contributed by atoms with Crippen molar-refractivity contribution < 1.29 is 0 Å². The zero-order valence-corrected chi connectivity index (χ0v) is 27.3. The number of benzene rings is 6. The van der Waals surface area contributed by atoms with Crippen molar-refractivity contribution in [2.24, 2.45) is 5.92 Å². The highest BCUT2D eigenvalue weighted by molar-refractivity contribution is 7.25. The Labute approximate surface area is 278 Å². The predicted octanol–water partition coefficient (Wildman–Crippen LogP) is 12.6. The van der Waals surface area contributed by atoms with Gasteiger partial charge >= 0.3 is 0 Å². The monoisotopic (exact) mass is 619 g/mol. The van der Waals surface area contributed by atoms with Gasteiger partial charge in [-0.3, -0.25) is 0 Å². The van der Waals surface area contributed by atoms with E-state index >= 15 is 0 Å². The molecule has 6 aromatic carbocycles. The first-order valence-electron chi connectivity index (χ1n) is 16.6. The van der Waals surface area contributed by atoms with Crippen LogP contribution in [0.25, 0.3) is 69.9 Å². The van der Waals surface area contributed by atoms with Crippen LogP contribution < -0.4 is 0 Å². The summed E-state index contributed by atoms with van der Waals surface area (Å²) in [6.45, 7) is 4.84. The van der Waals surface area contributed by atoms with Crippen molar-refractivity contribution in [3.8, 4) is 22.3 Å². The molecule has 0 N–H and O–H groups in total. The molecular formula is C45H33NS. The molecular weight excluding hydrogens is 587 g/mol. The quantitative estimate of drug-likeness (QED) is 0.185. The highest BCUT2D eigenvalue weighted by atomic mass is 32.1. The SMILES string of the molecule is CC1(C)c2ccccc2C2C=CC(n3c4ccc(-c5ccccc5)cc4c4cc(-c5ccc6sc7ccccc7c6c5)ccc43)=CC21. The summed E-state index contributed by atoms with van der Waals surface area (Å²) in [6, 6.07) is 49.6. The maximum Gasteiger partial charge on any atom is 0.0541 e. The van der Waals surface area contributed by atoms with E-state index in [1.165, 1.54) is 81.1 Å². The number of hydrogen-bond donors (Lipinski definition) is 0. The van der Waals surface area contributed by atoms with Crippen LogP contribution in [0.15, 0.2) is 152 Å². The number of nitrogens with zero attached hydrogens (tertiary/aromatic N) is 1. The Morgan fingerprint density at radius 2 is 1.17 bits per heavy atom. The van der Waals surface area contributed by atoms with E-state index in [0.717, 1.165) is 0 Å². The van der Waals surface area contributed by atoms with E-state index in [1.807, 2.05) is 11.3 Å². The third-order valence-corrected chi connectivity index (χ3v) is 12.1. The van der Waals surface area contributed by atoms with Crippen molar-refractivity contribution in [1.82, 2.24) is 4.57 Å². The molecule has 47 heavy (non-hydrogen) atoms. The molecule has 224 valence electrons. The van der Waals surface area contributed by atoms with E-state index in [9.17, 15) is 0 Å². The van der Waals surface area contributed by atoms with Gasteiger partial charge in [-0.15, -0.1) is 11.3 Å². The topological polar surface area (TPSA) is 4.93 Å². The Bertz CT molecular complexity index is 2610. The molecule has 0 bridgehead atoms. The van der Waals surface area contributed by atoms with Gasteiger partial charge in [-0.05, 0) is 93.3 Å². The van der Waals surface area contributed by atoms with Crippen molar-refractivity contribution in [2.45, 2.75) is 25.2 Å². The normalized spacial score (nSPS) is 18.2. The summed E-state index contributed by atoms with van der Waals surface area (Å²) in [4.78, 5) is 0. The van der Waals surface area contributed by atoms with E-state index in [-0.39, 0.29) is 5.41 Å². The number of allylic oxidation sites excluding steroid dienone is 4. The number of rotatable bonds is 3. The molecule has 2 atom stereocenters. The van der Waals surface area contributed by atoms with E-state index in [4.69, 9.17) is 0 Å². The Hall–Kier alpha value is -5.18. The fourth-order valence-electron chi connectivity index (χ4n) is 8.52. The van der Waals surface area contributed by atoms with Gasteiger partial charge in [-0.1, -0.05) is 117 Å². The lowest BCUT2D eigenvalue weighted by molar-refractivity contribution is 0.394. The first kappa shape index (κ1) is 27.0. The predicted molar refractivity (Wildman–Crippen MR) is 202 cm³/mol. The molecule has 2 heteroatoms. The third-order valence-electron chi connectivity index (χ3n) is 10.9. The first-order chi connectivity index (χ1) is 23.0. The maximum atomic E-state index is 2.55. The van der Waals surface area contributed by atoms with Crippen LogP contribution in [-0.4, -0.2) is 4.57 Å². The lowest BCUT2D eigenvalue weighted by atomic mass is 9.74. The largest absolute Gasteiger partial charge is 0.310 e. The molecule has 0 amide bonds. The molecule has 0 radical (unpaired) electrons. The van der Waals surface area contributed by atoms with Gasteiger partial charge in [-0.2, -0.15) is 0 Å². The van der Waals surface area contributed by atoms with Crippen LogP contribution in [0.4, 0.5) is 0 Å². The van der Waals surface area contributed by atoms with E-state index in [2.05, 4.69) is 170 Å². The van der Waals surface area contributed by atoms with Gasteiger partial charge in [0.05, 0.1) is 11.0 Å². The molecule has 1 nitrogen and oxygen atoms in total. The van der Waals surface area contributed by atoms with Gasteiger partial charge in [-0.25, -0.2) is 0 Å². The van der Waals surface area contributed by atoms with Gasteiger partial charge in [0, 0.05) is 42.6 Å². The molecule has 0 saturated heterocycles. The van der Waals surface area contributed by atoms with Crippen LogP contribution in [-0.2, 0) is 5.41 Å². The summed E-state index contributed by atoms with van der Waals surface area (Å²) in [6.07, 6.45) is 7.38.